The van der Waals surface area contributed by atoms with E-state index < -0.39 is 24.2 Å². The average Bonchev–Trinajstić information content (AvgIpc) is 3.22. The Hall–Kier alpha value is -3.69. The van der Waals surface area contributed by atoms with Crippen LogP contribution in [-0.4, -0.2) is 36.1 Å². The number of carbonyl (C=O) groups is 1. The van der Waals surface area contributed by atoms with Crippen LogP contribution >= 0.6 is 0 Å². The van der Waals surface area contributed by atoms with Crippen molar-refractivity contribution in [3.8, 4) is 11.5 Å². The van der Waals surface area contributed by atoms with Crippen LogP contribution in [0.15, 0.2) is 48.7 Å². The molecule has 2 N–H and O–H groups in total. The van der Waals surface area contributed by atoms with E-state index >= 15 is 0 Å². The van der Waals surface area contributed by atoms with Gasteiger partial charge in [-0.1, -0.05) is 29.8 Å². The Kier molecular flexibility index (Phi) is 5.92. The molecule has 0 unspecified atom stereocenters. The van der Waals surface area contributed by atoms with Gasteiger partial charge in [0, 0.05) is 12.5 Å². The Morgan fingerprint density at radius 1 is 1.15 bits per heavy atom. The highest BCUT2D eigenvalue weighted by molar-refractivity contribution is 6.08. The Bertz CT molecular complexity index is 1160. The number of alkyl halides is 3. The number of rotatable bonds is 5. The van der Waals surface area contributed by atoms with Crippen molar-refractivity contribution in [2.75, 3.05) is 24.9 Å². The van der Waals surface area contributed by atoms with Gasteiger partial charge in [0.1, 0.15) is 22.9 Å². The number of benzene rings is 2. The van der Waals surface area contributed by atoms with Crippen LogP contribution in [0, 0.1) is 6.92 Å². The van der Waals surface area contributed by atoms with Gasteiger partial charge in [0.05, 0.1) is 32.1 Å². The Morgan fingerprint density at radius 2 is 1.88 bits per heavy atom. The molecule has 7 nitrogen and oxygen atoms in total. The minimum absolute atomic E-state index is 0.000988. The molecule has 0 fully saturated rings. The van der Waals surface area contributed by atoms with Crippen molar-refractivity contribution in [3.05, 3.63) is 65.4 Å². The van der Waals surface area contributed by atoms with Crippen molar-refractivity contribution in [3.63, 3.8) is 0 Å². The summed E-state index contributed by atoms with van der Waals surface area (Å²) in [4.78, 5) is 13.0. The normalized spacial score (nSPS) is 17.6. The Morgan fingerprint density at radius 3 is 2.52 bits per heavy atom. The van der Waals surface area contributed by atoms with E-state index in [4.69, 9.17) is 9.47 Å². The molecule has 0 saturated carbocycles. The van der Waals surface area contributed by atoms with Crippen LogP contribution in [-0.2, 0) is 0 Å². The summed E-state index contributed by atoms with van der Waals surface area (Å²) in [6.45, 7) is 1.90. The molecule has 33 heavy (non-hydrogen) atoms. The maximum Gasteiger partial charge on any atom is 0.410 e. The van der Waals surface area contributed by atoms with Gasteiger partial charge in [0.15, 0.2) is 6.04 Å². The smallest absolute Gasteiger partial charge is 0.410 e. The molecule has 0 aliphatic carbocycles. The fourth-order valence-electron chi connectivity index (χ4n) is 3.84. The lowest BCUT2D eigenvalue weighted by molar-refractivity contribution is -0.173. The number of ether oxygens (including phenoxy) is 2. The minimum atomic E-state index is -4.53. The molecule has 0 saturated heterocycles. The maximum absolute atomic E-state index is 13.9. The van der Waals surface area contributed by atoms with Crippen molar-refractivity contribution >= 4 is 17.4 Å². The monoisotopic (exact) mass is 460 g/mol. The summed E-state index contributed by atoms with van der Waals surface area (Å²) >= 11 is 0. The Labute approximate surface area is 188 Å². The molecule has 0 spiro atoms. The molecule has 1 aliphatic rings. The van der Waals surface area contributed by atoms with Gasteiger partial charge in [-0.15, -0.1) is 0 Å². The van der Waals surface area contributed by atoms with Crippen LogP contribution in [0.2, 0.25) is 0 Å². The summed E-state index contributed by atoms with van der Waals surface area (Å²) in [5.41, 5.74) is 2.05. The fraction of sp³-hybridized carbons (Fsp3) is 0.304. The second-order valence-electron chi connectivity index (χ2n) is 7.77. The predicted octanol–water partition coefficient (Wildman–Crippen LogP) is 5.12. The van der Waals surface area contributed by atoms with E-state index in [-0.39, 0.29) is 17.8 Å². The van der Waals surface area contributed by atoms with Crippen molar-refractivity contribution in [1.29, 1.82) is 0 Å². The van der Waals surface area contributed by atoms with Crippen LogP contribution in [0.1, 0.15) is 40.0 Å². The number of anilines is 2. The summed E-state index contributed by atoms with van der Waals surface area (Å²) < 4.78 is 52.9. The zero-order valence-electron chi connectivity index (χ0n) is 18.2. The number of hydrogen-bond donors (Lipinski definition) is 2. The number of nitrogens with one attached hydrogen (secondary N) is 2. The van der Waals surface area contributed by atoms with Crippen LogP contribution < -0.4 is 20.1 Å². The molecule has 174 valence electrons. The molecule has 0 bridgehead atoms. The Balaban J connectivity index is 1.68. The van der Waals surface area contributed by atoms with E-state index in [1.165, 1.54) is 14.2 Å². The first-order valence-corrected chi connectivity index (χ1v) is 10.2. The van der Waals surface area contributed by atoms with Crippen molar-refractivity contribution in [1.82, 2.24) is 9.78 Å². The molecule has 4 rings (SSSR count). The average molecular weight is 460 g/mol. The number of carbonyl (C=O) groups excluding carboxylic acids is 1. The summed E-state index contributed by atoms with van der Waals surface area (Å²) in [5.74, 6) is 0.280. The zero-order valence-corrected chi connectivity index (χ0v) is 18.2. The summed E-state index contributed by atoms with van der Waals surface area (Å²) in [7, 11) is 2.94. The standard InChI is InChI=1S/C23H23F3N4O3/c1-13-4-6-14(7-5-13)18-11-20(23(24,25)26)30-21(28-18)16(12-27-30)22(31)29-17-9-8-15(32-2)10-19(17)33-3/h4-10,12,18,20,28H,11H2,1-3H3,(H,29,31)/t18-,20-/m1/s1. The summed E-state index contributed by atoms with van der Waals surface area (Å²) in [5, 5.41) is 9.67. The predicted molar refractivity (Wildman–Crippen MR) is 117 cm³/mol. The van der Waals surface area contributed by atoms with E-state index in [9.17, 15) is 18.0 Å². The van der Waals surface area contributed by atoms with E-state index in [1.54, 1.807) is 30.3 Å². The third-order valence-electron chi connectivity index (χ3n) is 5.62. The van der Waals surface area contributed by atoms with Crippen molar-refractivity contribution in [2.45, 2.75) is 31.6 Å². The minimum Gasteiger partial charge on any atom is -0.497 e. The number of halogens is 3. The maximum atomic E-state index is 13.9. The van der Waals surface area contributed by atoms with Gasteiger partial charge >= 0.3 is 6.18 Å². The van der Waals surface area contributed by atoms with Crippen LogP contribution in [0.5, 0.6) is 11.5 Å². The van der Waals surface area contributed by atoms with Crippen molar-refractivity contribution < 1.29 is 27.4 Å². The first-order valence-electron chi connectivity index (χ1n) is 10.2. The molecule has 10 heteroatoms. The highest BCUT2D eigenvalue weighted by Gasteiger charge is 2.47. The highest BCUT2D eigenvalue weighted by atomic mass is 19.4. The third kappa shape index (κ3) is 4.46. The lowest BCUT2D eigenvalue weighted by Gasteiger charge is -2.34. The number of nitrogens with zero attached hydrogens (tertiary/aromatic N) is 2. The quantitative estimate of drug-likeness (QED) is 0.553. The van der Waals surface area contributed by atoms with E-state index in [0.29, 0.717) is 22.7 Å². The molecular weight excluding hydrogens is 437 g/mol. The van der Waals surface area contributed by atoms with Crippen LogP contribution in [0.4, 0.5) is 24.7 Å². The molecular formula is C23H23F3N4O3. The van der Waals surface area contributed by atoms with Gasteiger partial charge in [-0.05, 0) is 24.6 Å². The second kappa shape index (κ2) is 8.68. The van der Waals surface area contributed by atoms with Gasteiger partial charge in [-0.2, -0.15) is 18.3 Å². The largest absolute Gasteiger partial charge is 0.497 e. The SMILES string of the molecule is COc1ccc(NC(=O)c2cnn3c2N[C@@H](c2ccc(C)cc2)C[C@@H]3C(F)(F)F)c(OC)c1. The topological polar surface area (TPSA) is 77.4 Å². The van der Waals surface area contributed by atoms with Crippen LogP contribution in [0.3, 0.4) is 0 Å². The number of fused-ring (bicyclic) bond motifs is 1. The molecule has 2 heterocycles. The van der Waals surface area contributed by atoms with E-state index in [0.717, 1.165) is 16.4 Å². The summed E-state index contributed by atoms with van der Waals surface area (Å²) in [6, 6.07) is 9.57. The molecule has 1 aromatic heterocycles. The van der Waals surface area contributed by atoms with E-state index in [2.05, 4.69) is 15.7 Å². The lowest BCUT2D eigenvalue weighted by Crippen LogP contribution is -2.36. The van der Waals surface area contributed by atoms with Gasteiger partial charge in [0.2, 0.25) is 0 Å². The molecule has 1 aliphatic heterocycles. The van der Waals surface area contributed by atoms with Gasteiger partial charge in [0.25, 0.3) is 5.91 Å². The van der Waals surface area contributed by atoms with Crippen LogP contribution in [0.25, 0.3) is 0 Å². The zero-order chi connectivity index (χ0) is 23.8. The molecule has 2 atom stereocenters. The third-order valence-corrected chi connectivity index (χ3v) is 5.62. The first-order chi connectivity index (χ1) is 15.7. The molecule has 0 radical (unpaired) electrons. The van der Waals surface area contributed by atoms with E-state index in [1.807, 2.05) is 19.1 Å². The number of aryl methyl sites for hydroxylation is 1. The lowest BCUT2D eigenvalue weighted by atomic mass is 9.96. The number of hydrogen-bond acceptors (Lipinski definition) is 5. The molecule has 2 aromatic carbocycles. The first kappa shape index (κ1) is 22.5. The molecule has 3 aromatic rings. The van der Waals surface area contributed by atoms with Gasteiger partial charge in [-0.3, -0.25) is 4.79 Å². The number of aromatic nitrogens is 2. The fourth-order valence-corrected chi connectivity index (χ4v) is 3.84. The highest BCUT2D eigenvalue weighted by Crippen LogP contribution is 2.44. The summed E-state index contributed by atoms with van der Waals surface area (Å²) in [6.07, 6.45) is -3.63. The van der Waals surface area contributed by atoms with Gasteiger partial charge in [-0.25, -0.2) is 4.68 Å². The van der Waals surface area contributed by atoms with Crippen molar-refractivity contribution in [2.24, 2.45) is 0 Å². The molecule has 1 amide bonds. The number of amides is 1. The van der Waals surface area contributed by atoms with Gasteiger partial charge < -0.3 is 20.1 Å². The number of methoxy groups -OCH3 is 2. The second-order valence-corrected chi connectivity index (χ2v) is 7.77.